The molecule has 0 bridgehead atoms. The summed E-state index contributed by atoms with van der Waals surface area (Å²) in [6.07, 6.45) is 11.6. The van der Waals surface area contributed by atoms with Crippen LogP contribution in [0.1, 0.15) is 44.1 Å². The molecule has 5 heteroatoms. The van der Waals surface area contributed by atoms with Crippen LogP contribution in [-0.2, 0) is 6.54 Å². The zero-order valence-electron chi connectivity index (χ0n) is 15.3. The SMILES string of the molecule is CN=C(NCc1ccc(OC)c(OC2CCCC2)c1)NC1CC=CC1. The number of nitrogens with one attached hydrogen (secondary N) is 2. The smallest absolute Gasteiger partial charge is 0.191 e. The normalized spacial score (nSPS) is 18.6. The lowest BCUT2D eigenvalue weighted by molar-refractivity contribution is 0.200. The summed E-state index contributed by atoms with van der Waals surface area (Å²) < 4.78 is 11.6. The van der Waals surface area contributed by atoms with Crippen LogP contribution in [0.2, 0.25) is 0 Å². The first-order chi connectivity index (χ1) is 12.3. The molecule has 1 saturated carbocycles. The summed E-state index contributed by atoms with van der Waals surface area (Å²) >= 11 is 0. The van der Waals surface area contributed by atoms with Gasteiger partial charge in [0.25, 0.3) is 0 Å². The fraction of sp³-hybridized carbons (Fsp3) is 0.550. The van der Waals surface area contributed by atoms with Crippen molar-refractivity contribution < 1.29 is 9.47 Å². The first-order valence-corrected chi connectivity index (χ1v) is 9.24. The maximum absolute atomic E-state index is 6.17. The molecule has 0 unspecified atom stereocenters. The second-order valence-corrected chi connectivity index (χ2v) is 6.72. The molecular formula is C20H29N3O2. The third-order valence-electron chi connectivity index (χ3n) is 4.86. The highest BCUT2D eigenvalue weighted by molar-refractivity contribution is 5.80. The number of rotatable bonds is 6. The molecule has 2 aliphatic carbocycles. The average molecular weight is 343 g/mol. The number of guanidine groups is 1. The Morgan fingerprint density at radius 1 is 1.16 bits per heavy atom. The van der Waals surface area contributed by atoms with E-state index in [2.05, 4.69) is 39.9 Å². The maximum atomic E-state index is 6.17. The van der Waals surface area contributed by atoms with Crippen molar-refractivity contribution in [1.82, 2.24) is 10.6 Å². The van der Waals surface area contributed by atoms with Gasteiger partial charge in [0.15, 0.2) is 17.5 Å². The minimum absolute atomic E-state index is 0.321. The van der Waals surface area contributed by atoms with Crippen molar-refractivity contribution in [2.24, 2.45) is 4.99 Å². The van der Waals surface area contributed by atoms with Crippen LogP contribution >= 0.6 is 0 Å². The highest BCUT2D eigenvalue weighted by Crippen LogP contribution is 2.32. The molecule has 136 valence electrons. The van der Waals surface area contributed by atoms with Crippen LogP contribution in [0.5, 0.6) is 11.5 Å². The highest BCUT2D eigenvalue weighted by Gasteiger charge is 2.18. The Labute approximate surface area is 150 Å². The molecule has 1 fully saturated rings. The Morgan fingerprint density at radius 2 is 1.92 bits per heavy atom. The summed E-state index contributed by atoms with van der Waals surface area (Å²) in [6, 6.07) is 6.58. The van der Waals surface area contributed by atoms with Gasteiger partial charge in [0, 0.05) is 19.6 Å². The van der Waals surface area contributed by atoms with Crippen LogP contribution in [0.15, 0.2) is 35.3 Å². The Morgan fingerprint density at radius 3 is 2.60 bits per heavy atom. The standard InChI is InChI=1S/C20H29N3O2/c1-21-20(23-16-7-3-4-8-16)22-14-15-11-12-18(24-2)19(13-15)25-17-9-5-6-10-17/h3-4,11-13,16-17H,5-10,14H2,1-2H3,(H2,21,22,23). The van der Waals surface area contributed by atoms with Crippen molar-refractivity contribution in [3.05, 3.63) is 35.9 Å². The summed E-state index contributed by atoms with van der Waals surface area (Å²) in [7, 11) is 3.50. The van der Waals surface area contributed by atoms with E-state index in [-0.39, 0.29) is 0 Å². The molecule has 0 aromatic heterocycles. The molecule has 0 spiro atoms. The molecule has 0 heterocycles. The largest absolute Gasteiger partial charge is 0.493 e. The molecule has 1 aromatic carbocycles. The van der Waals surface area contributed by atoms with Gasteiger partial charge in [-0.25, -0.2) is 0 Å². The van der Waals surface area contributed by atoms with Crippen molar-refractivity contribution >= 4 is 5.96 Å². The van der Waals surface area contributed by atoms with Gasteiger partial charge in [-0.2, -0.15) is 0 Å². The second-order valence-electron chi connectivity index (χ2n) is 6.72. The third-order valence-corrected chi connectivity index (χ3v) is 4.86. The first-order valence-electron chi connectivity index (χ1n) is 9.24. The minimum atomic E-state index is 0.321. The zero-order valence-corrected chi connectivity index (χ0v) is 15.3. The van der Waals surface area contributed by atoms with Crippen LogP contribution < -0.4 is 20.1 Å². The van der Waals surface area contributed by atoms with E-state index in [1.807, 2.05) is 6.07 Å². The Kier molecular flexibility index (Phi) is 6.20. The highest BCUT2D eigenvalue weighted by atomic mass is 16.5. The van der Waals surface area contributed by atoms with Crippen LogP contribution in [0.25, 0.3) is 0 Å². The predicted octanol–water partition coefficient (Wildman–Crippen LogP) is 3.40. The van der Waals surface area contributed by atoms with Crippen molar-refractivity contribution in [2.75, 3.05) is 14.2 Å². The summed E-state index contributed by atoms with van der Waals surface area (Å²) in [6.45, 7) is 0.699. The Bertz CT molecular complexity index is 613. The topological polar surface area (TPSA) is 54.9 Å². The van der Waals surface area contributed by atoms with Crippen molar-refractivity contribution in [3.8, 4) is 11.5 Å². The van der Waals surface area contributed by atoms with Crippen molar-refractivity contribution in [2.45, 2.75) is 57.2 Å². The molecule has 25 heavy (non-hydrogen) atoms. The van der Waals surface area contributed by atoms with Crippen LogP contribution in [-0.4, -0.2) is 32.3 Å². The van der Waals surface area contributed by atoms with Gasteiger partial charge in [-0.05, 0) is 56.2 Å². The second kappa shape index (κ2) is 8.79. The predicted molar refractivity (Wildman–Crippen MR) is 101 cm³/mol. The van der Waals surface area contributed by atoms with Crippen LogP contribution in [0.3, 0.4) is 0 Å². The van der Waals surface area contributed by atoms with Gasteiger partial charge in [-0.1, -0.05) is 18.2 Å². The van der Waals surface area contributed by atoms with Gasteiger partial charge in [-0.15, -0.1) is 0 Å². The lowest BCUT2D eigenvalue weighted by atomic mass is 10.2. The molecule has 1 aromatic rings. The maximum Gasteiger partial charge on any atom is 0.191 e. The number of benzene rings is 1. The third kappa shape index (κ3) is 4.91. The van der Waals surface area contributed by atoms with E-state index >= 15 is 0 Å². The molecule has 0 saturated heterocycles. The zero-order chi connectivity index (χ0) is 17.5. The number of hydrogen-bond acceptors (Lipinski definition) is 3. The van der Waals surface area contributed by atoms with Gasteiger partial charge in [0.1, 0.15) is 0 Å². The average Bonchev–Trinajstić information content (AvgIpc) is 3.32. The number of methoxy groups -OCH3 is 1. The number of ether oxygens (including phenoxy) is 2. The van der Waals surface area contributed by atoms with Crippen LogP contribution in [0.4, 0.5) is 0 Å². The molecule has 0 atom stereocenters. The van der Waals surface area contributed by atoms with Gasteiger partial charge in [0.2, 0.25) is 0 Å². The molecule has 0 radical (unpaired) electrons. The lowest BCUT2D eigenvalue weighted by Gasteiger charge is -2.19. The molecule has 5 nitrogen and oxygen atoms in total. The summed E-state index contributed by atoms with van der Waals surface area (Å²) in [5.41, 5.74) is 1.15. The first kappa shape index (κ1) is 17.6. The quantitative estimate of drug-likeness (QED) is 0.472. The molecular weight excluding hydrogens is 314 g/mol. The minimum Gasteiger partial charge on any atom is -0.493 e. The Hall–Kier alpha value is -2.17. The van der Waals surface area contributed by atoms with Crippen molar-refractivity contribution in [3.63, 3.8) is 0 Å². The van der Waals surface area contributed by atoms with E-state index in [9.17, 15) is 0 Å². The van der Waals surface area contributed by atoms with E-state index in [4.69, 9.17) is 9.47 Å². The number of aliphatic imine (C=N–C) groups is 1. The van der Waals surface area contributed by atoms with Gasteiger partial charge >= 0.3 is 0 Å². The molecule has 2 N–H and O–H groups in total. The van der Waals surface area contributed by atoms with E-state index in [1.165, 1.54) is 12.8 Å². The summed E-state index contributed by atoms with van der Waals surface area (Å²) in [5.74, 6) is 2.48. The Balaban J connectivity index is 1.59. The van der Waals surface area contributed by atoms with E-state index in [0.29, 0.717) is 18.7 Å². The van der Waals surface area contributed by atoms with Gasteiger partial charge in [0.05, 0.1) is 13.2 Å². The fourth-order valence-electron chi connectivity index (χ4n) is 3.42. The fourth-order valence-corrected chi connectivity index (χ4v) is 3.42. The van der Waals surface area contributed by atoms with Crippen LogP contribution in [0, 0.1) is 0 Å². The monoisotopic (exact) mass is 343 g/mol. The van der Waals surface area contributed by atoms with Crippen molar-refractivity contribution in [1.29, 1.82) is 0 Å². The molecule has 2 aliphatic rings. The molecule has 0 aliphatic heterocycles. The molecule has 3 rings (SSSR count). The summed E-state index contributed by atoms with van der Waals surface area (Å²) in [4.78, 5) is 4.32. The lowest BCUT2D eigenvalue weighted by Crippen LogP contribution is -2.42. The van der Waals surface area contributed by atoms with E-state index in [0.717, 1.165) is 48.7 Å². The number of hydrogen-bond donors (Lipinski definition) is 2. The molecule has 0 amide bonds. The number of nitrogens with zero attached hydrogens (tertiary/aromatic N) is 1. The van der Waals surface area contributed by atoms with Gasteiger partial charge < -0.3 is 20.1 Å². The summed E-state index contributed by atoms with van der Waals surface area (Å²) in [5, 5.41) is 6.84. The van der Waals surface area contributed by atoms with Gasteiger partial charge in [-0.3, -0.25) is 4.99 Å². The van der Waals surface area contributed by atoms with E-state index < -0.39 is 0 Å². The van der Waals surface area contributed by atoms with E-state index in [1.54, 1.807) is 14.2 Å².